The van der Waals surface area contributed by atoms with Crippen LogP contribution in [0.2, 0.25) is 0 Å². The van der Waals surface area contributed by atoms with Crippen molar-refractivity contribution in [1.82, 2.24) is 0 Å². The molecule has 66 valence electrons. The molecule has 0 fully saturated rings. The molecular weight excluding hydrogens is 150 g/mol. The van der Waals surface area contributed by atoms with E-state index >= 15 is 0 Å². The maximum atomic E-state index is 8.77. The van der Waals surface area contributed by atoms with Crippen LogP contribution in [-0.4, -0.2) is 18.3 Å². The number of nitrogens with two attached hydrogens (primary N) is 1. The first kappa shape index (κ1) is 9.23. The van der Waals surface area contributed by atoms with Crippen molar-refractivity contribution in [2.75, 3.05) is 13.2 Å². The predicted octanol–water partition coefficient (Wildman–Crippen LogP) is 1.11. The summed E-state index contributed by atoms with van der Waals surface area (Å²) in [6.07, 6.45) is 0.751. The maximum absolute atomic E-state index is 8.77. The first-order chi connectivity index (χ1) is 5.88. The third-order valence-corrected chi connectivity index (χ3v) is 2.03. The summed E-state index contributed by atoms with van der Waals surface area (Å²) in [5.74, 6) is 0.302. The minimum Gasteiger partial charge on any atom is -0.396 e. The van der Waals surface area contributed by atoms with Crippen molar-refractivity contribution in [2.45, 2.75) is 12.3 Å². The Morgan fingerprint density at radius 2 is 1.92 bits per heavy atom. The number of hydrogen-bond acceptors (Lipinski definition) is 2. The summed E-state index contributed by atoms with van der Waals surface area (Å²) < 4.78 is 0. The highest BCUT2D eigenvalue weighted by Gasteiger charge is 2.06. The van der Waals surface area contributed by atoms with Crippen LogP contribution in [0.4, 0.5) is 0 Å². The van der Waals surface area contributed by atoms with E-state index in [1.54, 1.807) is 0 Å². The second kappa shape index (κ2) is 4.91. The first-order valence-electron chi connectivity index (χ1n) is 4.24. The molecule has 0 heterocycles. The van der Waals surface area contributed by atoms with Crippen molar-refractivity contribution in [3.05, 3.63) is 35.9 Å². The standard InChI is InChI=1S/C10H15NO/c11-8-10(6-7-12)9-4-2-1-3-5-9/h1-5,10,12H,6-8,11H2. The highest BCUT2D eigenvalue weighted by atomic mass is 16.3. The van der Waals surface area contributed by atoms with Gasteiger partial charge >= 0.3 is 0 Å². The predicted molar refractivity (Wildman–Crippen MR) is 49.9 cm³/mol. The number of rotatable bonds is 4. The zero-order valence-corrected chi connectivity index (χ0v) is 7.11. The van der Waals surface area contributed by atoms with Gasteiger partial charge < -0.3 is 10.8 Å². The summed E-state index contributed by atoms with van der Waals surface area (Å²) in [5, 5.41) is 8.77. The molecule has 0 aromatic heterocycles. The smallest absolute Gasteiger partial charge is 0.0437 e. The van der Waals surface area contributed by atoms with Crippen molar-refractivity contribution in [2.24, 2.45) is 5.73 Å². The summed E-state index contributed by atoms with van der Waals surface area (Å²) in [7, 11) is 0. The van der Waals surface area contributed by atoms with Gasteiger partial charge in [0.25, 0.3) is 0 Å². The molecule has 1 unspecified atom stereocenters. The van der Waals surface area contributed by atoms with Gasteiger partial charge in [0, 0.05) is 6.61 Å². The molecule has 0 spiro atoms. The van der Waals surface area contributed by atoms with E-state index in [-0.39, 0.29) is 6.61 Å². The second-order valence-electron chi connectivity index (χ2n) is 2.86. The number of aliphatic hydroxyl groups excluding tert-OH is 1. The lowest BCUT2D eigenvalue weighted by Gasteiger charge is -2.12. The molecule has 0 bridgehead atoms. The van der Waals surface area contributed by atoms with Crippen molar-refractivity contribution in [1.29, 1.82) is 0 Å². The van der Waals surface area contributed by atoms with Gasteiger partial charge in [0.05, 0.1) is 0 Å². The van der Waals surface area contributed by atoms with E-state index in [2.05, 4.69) is 0 Å². The van der Waals surface area contributed by atoms with Gasteiger partial charge in [-0.15, -0.1) is 0 Å². The molecule has 0 aliphatic heterocycles. The third kappa shape index (κ3) is 2.32. The Kier molecular flexibility index (Phi) is 3.77. The number of aliphatic hydroxyl groups is 1. The lowest BCUT2D eigenvalue weighted by molar-refractivity contribution is 0.276. The zero-order chi connectivity index (χ0) is 8.81. The molecule has 1 rings (SSSR count). The van der Waals surface area contributed by atoms with Crippen LogP contribution in [-0.2, 0) is 0 Å². The lowest BCUT2D eigenvalue weighted by atomic mass is 9.96. The van der Waals surface area contributed by atoms with Gasteiger partial charge in [-0.05, 0) is 24.4 Å². The topological polar surface area (TPSA) is 46.2 Å². The molecule has 0 aliphatic rings. The van der Waals surface area contributed by atoms with Gasteiger partial charge in [0.1, 0.15) is 0 Å². The largest absolute Gasteiger partial charge is 0.396 e. The van der Waals surface area contributed by atoms with E-state index in [4.69, 9.17) is 10.8 Å². The van der Waals surface area contributed by atoms with E-state index < -0.39 is 0 Å². The lowest BCUT2D eigenvalue weighted by Crippen LogP contribution is -2.13. The Morgan fingerprint density at radius 3 is 2.42 bits per heavy atom. The van der Waals surface area contributed by atoms with Gasteiger partial charge in [-0.25, -0.2) is 0 Å². The first-order valence-corrected chi connectivity index (χ1v) is 4.24. The molecule has 12 heavy (non-hydrogen) atoms. The Morgan fingerprint density at radius 1 is 1.25 bits per heavy atom. The van der Waals surface area contributed by atoms with Crippen LogP contribution in [0.5, 0.6) is 0 Å². The van der Waals surface area contributed by atoms with E-state index in [0.717, 1.165) is 6.42 Å². The average molecular weight is 165 g/mol. The van der Waals surface area contributed by atoms with Crippen LogP contribution in [0.3, 0.4) is 0 Å². The molecule has 1 aromatic carbocycles. The maximum Gasteiger partial charge on any atom is 0.0437 e. The van der Waals surface area contributed by atoms with Gasteiger partial charge in [0.15, 0.2) is 0 Å². The Hall–Kier alpha value is -0.860. The fraction of sp³-hybridized carbons (Fsp3) is 0.400. The van der Waals surface area contributed by atoms with Crippen molar-refractivity contribution >= 4 is 0 Å². The second-order valence-corrected chi connectivity index (χ2v) is 2.86. The fourth-order valence-electron chi connectivity index (χ4n) is 1.30. The van der Waals surface area contributed by atoms with E-state index in [1.807, 2.05) is 30.3 Å². The summed E-state index contributed by atoms with van der Waals surface area (Å²) in [6, 6.07) is 10.1. The molecule has 2 nitrogen and oxygen atoms in total. The van der Waals surface area contributed by atoms with Gasteiger partial charge in [-0.3, -0.25) is 0 Å². The summed E-state index contributed by atoms with van der Waals surface area (Å²) in [5.41, 5.74) is 6.80. The van der Waals surface area contributed by atoms with Crippen LogP contribution in [0.25, 0.3) is 0 Å². The van der Waals surface area contributed by atoms with Gasteiger partial charge in [0.2, 0.25) is 0 Å². The van der Waals surface area contributed by atoms with E-state index in [0.29, 0.717) is 12.5 Å². The zero-order valence-electron chi connectivity index (χ0n) is 7.11. The van der Waals surface area contributed by atoms with Crippen LogP contribution in [0.1, 0.15) is 17.9 Å². The molecule has 2 heteroatoms. The molecule has 0 saturated heterocycles. The van der Waals surface area contributed by atoms with Crippen molar-refractivity contribution < 1.29 is 5.11 Å². The molecule has 0 aliphatic carbocycles. The molecule has 0 radical (unpaired) electrons. The number of hydrogen-bond donors (Lipinski definition) is 2. The summed E-state index contributed by atoms with van der Waals surface area (Å²) in [6.45, 7) is 0.807. The third-order valence-electron chi connectivity index (χ3n) is 2.03. The Labute approximate surface area is 73.0 Å². The molecule has 0 amide bonds. The molecule has 3 N–H and O–H groups in total. The SMILES string of the molecule is NCC(CCO)c1ccccc1. The highest BCUT2D eigenvalue weighted by molar-refractivity contribution is 5.19. The summed E-state index contributed by atoms with van der Waals surface area (Å²) in [4.78, 5) is 0. The average Bonchev–Trinajstić information content (AvgIpc) is 2.15. The van der Waals surface area contributed by atoms with Gasteiger partial charge in [-0.1, -0.05) is 30.3 Å². The molecule has 0 saturated carbocycles. The minimum atomic E-state index is 0.205. The van der Waals surface area contributed by atoms with Crippen molar-refractivity contribution in [3.8, 4) is 0 Å². The Balaban J connectivity index is 2.66. The van der Waals surface area contributed by atoms with E-state index in [9.17, 15) is 0 Å². The van der Waals surface area contributed by atoms with Crippen molar-refractivity contribution in [3.63, 3.8) is 0 Å². The minimum absolute atomic E-state index is 0.205. The monoisotopic (exact) mass is 165 g/mol. The van der Waals surface area contributed by atoms with Crippen LogP contribution >= 0.6 is 0 Å². The highest BCUT2D eigenvalue weighted by Crippen LogP contribution is 2.16. The molecular formula is C10H15NO. The van der Waals surface area contributed by atoms with Crippen LogP contribution in [0, 0.1) is 0 Å². The summed E-state index contributed by atoms with van der Waals surface area (Å²) >= 11 is 0. The normalized spacial score (nSPS) is 12.8. The fourth-order valence-corrected chi connectivity index (χ4v) is 1.30. The molecule has 1 aromatic rings. The van der Waals surface area contributed by atoms with E-state index in [1.165, 1.54) is 5.56 Å². The Bertz CT molecular complexity index is 210. The molecule has 1 atom stereocenters. The number of benzene rings is 1. The van der Waals surface area contributed by atoms with Crippen LogP contribution < -0.4 is 5.73 Å². The quantitative estimate of drug-likeness (QED) is 0.702. The van der Waals surface area contributed by atoms with Gasteiger partial charge in [-0.2, -0.15) is 0 Å². The van der Waals surface area contributed by atoms with Crippen LogP contribution in [0.15, 0.2) is 30.3 Å².